The Kier molecular flexibility index (Phi) is 6.58. The molecule has 0 unspecified atom stereocenters. The van der Waals surface area contributed by atoms with Gasteiger partial charge in [-0.05, 0) is 52.0 Å². The Morgan fingerprint density at radius 1 is 1.17 bits per heavy atom. The molecule has 2 heterocycles. The fourth-order valence-electron chi connectivity index (χ4n) is 2.88. The Labute approximate surface area is 174 Å². The van der Waals surface area contributed by atoms with Gasteiger partial charge in [0.2, 0.25) is 5.91 Å². The van der Waals surface area contributed by atoms with Crippen LogP contribution >= 0.6 is 11.8 Å². The summed E-state index contributed by atoms with van der Waals surface area (Å²) in [5.74, 6) is 2.14. The number of ether oxygens (including phenoxy) is 1. The summed E-state index contributed by atoms with van der Waals surface area (Å²) in [6.45, 7) is 8.63. The molecule has 1 atom stereocenters. The molecule has 3 aromatic rings. The lowest BCUT2D eigenvalue weighted by Gasteiger charge is -2.15. The molecule has 154 valence electrons. The van der Waals surface area contributed by atoms with Gasteiger partial charge in [-0.2, -0.15) is 5.10 Å². The molecule has 0 spiro atoms. The molecule has 3 rings (SSSR count). The van der Waals surface area contributed by atoms with E-state index in [0.29, 0.717) is 17.5 Å². The Bertz CT molecular complexity index is 964. The highest BCUT2D eigenvalue weighted by molar-refractivity contribution is 8.00. The maximum absolute atomic E-state index is 12.7. The molecule has 29 heavy (non-hydrogen) atoms. The van der Waals surface area contributed by atoms with Crippen molar-refractivity contribution in [2.24, 2.45) is 0 Å². The van der Waals surface area contributed by atoms with Crippen molar-refractivity contribution in [3.8, 4) is 17.1 Å². The van der Waals surface area contributed by atoms with Gasteiger partial charge in [0.05, 0.1) is 18.6 Å². The summed E-state index contributed by atoms with van der Waals surface area (Å²) in [5, 5.41) is 16.2. The van der Waals surface area contributed by atoms with Crippen LogP contribution in [0.4, 0.5) is 5.82 Å². The number of amides is 1. The summed E-state index contributed by atoms with van der Waals surface area (Å²) in [4.78, 5) is 12.7. The zero-order valence-corrected chi connectivity index (χ0v) is 18.1. The number of hydrogen-bond donors (Lipinski definition) is 1. The molecule has 1 amide bonds. The first-order valence-electron chi connectivity index (χ1n) is 9.53. The van der Waals surface area contributed by atoms with Crippen LogP contribution in [0.5, 0.6) is 5.75 Å². The highest BCUT2D eigenvalue weighted by atomic mass is 32.2. The van der Waals surface area contributed by atoms with Crippen molar-refractivity contribution >= 4 is 23.5 Å². The van der Waals surface area contributed by atoms with Crippen molar-refractivity contribution < 1.29 is 9.53 Å². The van der Waals surface area contributed by atoms with Gasteiger partial charge < -0.3 is 14.6 Å². The van der Waals surface area contributed by atoms with Crippen LogP contribution in [0.1, 0.15) is 33.7 Å². The van der Waals surface area contributed by atoms with Gasteiger partial charge in [-0.3, -0.25) is 4.79 Å². The highest BCUT2D eigenvalue weighted by Crippen LogP contribution is 2.28. The van der Waals surface area contributed by atoms with Gasteiger partial charge >= 0.3 is 0 Å². The maximum Gasteiger partial charge on any atom is 0.238 e. The van der Waals surface area contributed by atoms with Gasteiger partial charge in [-0.25, -0.2) is 4.68 Å². The third-order valence-electron chi connectivity index (χ3n) is 4.44. The fraction of sp³-hybridized carbons (Fsp3) is 0.400. The van der Waals surface area contributed by atoms with E-state index in [2.05, 4.69) is 20.6 Å². The molecule has 9 heteroatoms. The monoisotopic (exact) mass is 414 g/mol. The van der Waals surface area contributed by atoms with Crippen LogP contribution in [-0.2, 0) is 11.3 Å². The van der Waals surface area contributed by atoms with E-state index in [1.807, 2.05) is 56.5 Å². The molecule has 8 nitrogen and oxygen atoms in total. The standard InChI is InChI=1S/C20H26N6O2S/c1-6-25-18(15-7-9-16(28-5)10-8-15)23-24-20(25)29-14(4)19(27)22-17-11-12-21-26(17)13(2)3/h7-14H,6H2,1-5H3,(H,22,27)/t14-/m0/s1. The van der Waals surface area contributed by atoms with Gasteiger partial charge in [-0.15, -0.1) is 10.2 Å². The normalized spacial score (nSPS) is 12.2. The van der Waals surface area contributed by atoms with Gasteiger partial charge in [0, 0.05) is 24.2 Å². The van der Waals surface area contributed by atoms with Crippen LogP contribution in [0.25, 0.3) is 11.4 Å². The van der Waals surface area contributed by atoms with Crippen LogP contribution in [0.2, 0.25) is 0 Å². The lowest BCUT2D eigenvalue weighted by Crippen LogP contribution is -2.25. The van der Waals surface area contributed by atoms with Crippen LogP contribution in [0.3, 0.4) is 0 Å². The van der Waals surface area contributed by atoms with Gasteiger partial charge in [-0.1, -0.05) is 11.8 Å². The molecule has 1 N–H and O–H groups in total. The predicted octanol–water partition coefficient (Wildman–Crippen LogP) is 3.87. The topological polar surface area (TPSA) is 86.9 Å². The van der Waals surface area contributed by atoms with E-state index in [1.54, 1.807) is 24.1 Å². The number of carbonyl (C=O) groups excluding carboxylic acids is 1. The molecule has 0 bridgehead atoms. The predicted molar refractivity (Wildman–Crippen MR) is 114 cm³/mol. The minimum atomic E-state index is -0.344. The number of aromatic nitrogens is 5. The number of methoxy groups -OCH3 is 1. The second-order valence-corrected chi connectivity index (χ2v) is 8.09. The van der Waals surface area contributed by atoms with Crippen LogP contribution in [-0.4, -0.2) is 42.8 Å². The van der Waals surface area contributed by atoms with E-state index < -0.39 is 0 Å². The third-order valence-corrected chi connectivity index (χ3v) is 5.52. The zero-order chi connectivity index (χ0) is 21.0. The Morgan fingerprint density at radius 3 is 2.52 bits per heavy atom. The van der Waals surface area contributed by atoms with E-state index >= 15 is 0 Å². The summed E-state index contributed by atoms with van der Waals surface area (Å²) >= 11 is 1.39. The summed E-state index contributed by atoms with van der Waals surface area (Å²) in [7, 11) is 1.64. The lowest BCUT2D eigenvalue weighted by atomic mass is 10.2. The van der Waals surface area contributed by atoms with Crippen molar-refractivity contribution in [2.75, 3.05) is 12.4 Å². The summed E-state index contributed by atoms with van der Waals surface area (Å²) in [6.07, 6.45) is 1.68. The Morgan fingerprint density at radius 2 is 1.90 bits per heavy atom. The molecule has 1 aromatic carbocycles. The molecular formula is C20H26N6O2S. The van der Waals surface area contributed by atoms with Crippen molar-refractivity contribution in [3.63, 3.8) is 0 Å². The first kappa shape index (κ1) is 20.9. The third kappa shape index (κ3) is 4.61. The first-order valence-corrected chi connectivity index (χ1v) is 10.4. The Hall–Kier alpha value is -2.81. The number of nitrogens with one attached hydrogen (secondary N) is 1. The fourth-order valence-corrected chi connectivity index (χ4v) is 3.79. The van der Waals surface area contributed by atoms with Crippen molar-refractivity contribution in [2.45, 2.75) is 50.7 Å². The van der Waals surface area contributed by atoms with Crippen molar-refractivity contribution in [1.82, 2.24) is 24.5 Å². The zero-order valence-electron chi connectivity index (χ0n) is 17.3. The highest BCUT2D eigenvalue weighted by Gasteiger charge is 2.21. The number of carbonyl (C=O) groups is 1. The lowest BCUT2D eigenvalue weighted by molar-refractivity contribution is -0.115. The van der Waals surface area contributed by atoms with Crippen LogP contribution in [0, 0.1) is 0 Å². The number of benzene rings is 1. The average Bonchev–Trinajstić information content (AvgIpc) is 3.34. The number of hydrogen-bond acceptors (Lipinski definition) is 6. The van der Waals surface area contributed by atoms with Gasteiger partial charge in [0.25, 0.3) is 0 Å². The number of anilines is 1. The number of thioether (sulfide) groups is 1. The molecule has 0 aliphatic heterocycles. The van der Waals surface area contributed by atoms with Crippen molar-refractivity contribution in [3.05, 3.63) is 36.5 Å². The average molecular weight is 415 g/mol. The van der Waals surface area contributed by atoms with E-state index in [4.69, 9.17) is 4.74 Å². The van der Waals surface area contributed by atoms with E-state index in [-0.39, 0.29) is 17.2 Å². The summed E-state index contributed by atoms with van der Waals surface area (Å²) in [6, 6.07) is 9.65. The first-order chi connectivity index (χ1) is 13.9. The molecule has 0 fully saturated rings. The van der Waals surface area contributed by atoms with Crippen molar-refractivity contribution in [1.29, 1.82) is 0 Å². The minimum absolute atomic E-state index is 0.103. The molecule has 2 aromatic heterocycles. The van der Waals surface area contributed by atoms with Gasteiger partial charge in [0.1, 0.15) is 11.6 Å². The molecule has 0 aliphatic carbocycles. The Balaban J connectivity index is 1.74. The molecule has 0 aliphatic rings. The minimum Gasteiger partial charge on any atom is -0.497 e. The van der Waals surface area contributed by atoms with Crippen LogP contribution in [0.15, 0.2) is 41.7 Å². The molecular weight excluding hydrogens is 388 g/mol. The SMILES string of the molecule is CCn1c(S[C@@H](C)C(=O)Nc2ccnn2C(C)C)nnc1-c1ccc(OC)cc1. The second-order valence-electron chi connectivity index (χ2n) is 6.78. The quantitative estimate of drug-likeness (QED) is 0.563. The molecule has 0 saturated heterocycles. The summed E-state index contributed by atoms with van der Waals surface area (Å²) in [5.41, 5.74) is 0.949. The largest absolute Gasteiger partial charge is 0.497 e. The molecule has 0 radical (unpaired) electrons. The number of rotatable bonds is 8. The van der Waals surface area contributed by atoms with Gasteiger partial charge in [0.15, 0.2) is 11.0 Å². The van der Waals surface area contributed by atoms with Crippen LogP contribution < -0.4 is 10.1 Å². The summed E-state index contributed by atoms with van der Waals surface area (Å²) < 4.78 is 9.01. The van der Waals surface area contributed by atoms with E-state index in [1.165, 1.54) is 11.8 Å². The maximum atomic E-state index is 12.7. The smallest absolute Gasteiger partial charge is 0.238 e. The molecule has 0 saturated carbocycles. The second kappa shape index (κ2) is 9.13. The van der Waals surface area contributed by atoms with E-state index in [0.717, 1.165) is 17.1 Å². The van der Waals surface area contributed by atoms with E-state index in [9.17, 15) is 4.79 Å². The number of nitrogens with zero attached hydrogens (tertiary/aromatic N) is 5.